The van der Waals surface area contributed by atoms with E-state index in [4.69, 9.17) is 27.9 Å². The van der Waals surface area contributed by atoms with Crippen molar-refractivity contribution in [3.8, 4) is 0 Å². The van der Waals surface area contributed by atoms with Crippen LogP contribution >= 0.6 is 23.2 Å². The number of methoxy groups -OCH3 is 1. The molecule has 116 valence electrons. The minimum atomic E-state index is -0.850. The summed E-state index contributed by atoms with van der Waals surface area (Å²) in [6, 6.07) is 19.1. The molecular weight excluding hydrogens is 329 g/mol. The van der Waals surface area contributed by atoms with Crippen LogP contribution in [0.2, 0.25) is 10.0 Å². The maximum atomic E-state index is 6.49. The Bertz CT molecular complexity index is 790. The Hall–Kier alpha value is -1.87. The molecule has 23 heavy (non-hydrogen) atoms. The van der Waals surface area contributed by atoms with Crippen LogP contribution in [-0.4, -0.2) is 12.1 Å². The molecule has 3 rings (SSSR count). The summed E-state index contributed by atoms with van der Waals surface area (Å²) in [6.45, 7) is 0. The van der Waals surface area contributed by atoms with Crippen molar-refractivity contribution in [2.24, 2.45) is 0 Å². The predicted molar refractivity (Wildman–Crippen MR) is 94.0 cm³/mol. The number of halogens is 2. The van der Waals surface area contributed by atoms with Crippen molar-refractivity contribution in [2.45, 2.75) is 5.60 Å². The average Bonchev–Trinajstić information content (AvgIpc) is 2.60. The van der Waals surface area contributed by atoms with Crippen LogP contribution in [0.1, 0.15) is 16.7 Å². The smallest absolute Gasteiger partial charge is 0.146 e. The second kappa shape index (κ2) is 6.71. The van der Waals surface area contributed by atoms with Crippen molar-refractivity contribution in [3.05, 3.63) is 99.8 Å². The van der Waals surface area contributed by atoms with Crippen molar-refractivity contribution in [2.75, 3.05) is 7.11 Å². The van der Waals surface area contributed by atoms with E-state index in [0.717, 1.165) is 16.7 Å². The fourth-order valence-electron chi connectivity index (χ4n) is 2.83. The summed E-state index contributed by atoms with van der Waals surface area (Å²) in [5.74, 6) is 0. The van der Waals surface area contributed by atoms with Crippen LogP contribution in [-0.2, 0) is 10.3 Å². The lowest BCUT2D eigenvalue weighted by Gasteiger charge is -2.34. The molecule has 0 N–H and O–H groups in total. The molecule has 0 fully saturated rings. The molecule has 1 heterocycles. The van der Waals surface area contributed by atoms with Gasteiger partial charge >= 0.3 is 0 Å². The summed E-state index contributed by atoms with van der Waals surface area (Å²) in [5.41, 5.74) is 1.85. The monoisotopic (exact) mass is 343 g/mol. The minimum absolute atomic E-state index is 0.633. The zero-order valence-electron chi connectivity index (χ0n) is 12.5. The topological polar surface area (TPSA) is 22.1 Å². The van der Waals surface area contributed by atoms with E-state index < -0.39 is 5.60 Å². The standard InChI is InChI=1S/C19H15Cl2NO/c1-23-19(15-5-4-12-22-13-15,14-8-10-16(20)11-9-14)17-6-2-3-7-18(17)21/h2-13H,1H3. The fourth-order valence-corrected chi connectivity index (χ4v) is 3.22. The highest BCUT2D eigenvalue weighted by Gasteiger charge is 2.38. The minimum Gasteiger partial charge on any atom is -0.364 e. The van der Waals surface area contributed by atoms with E-state index in [1.165, 1.54) is 0 Å². The summed E-state index contributed by atoms with van der Waals surface area (Å²) in [4.78, 5) is 4.25. The number of hydrogen-bond acceptors (Lipinski definition) is 2. The molecule has 2 nitrogen and oxygen atoms in total. The number of nitrogens with zero attached hydrogens (tertiary/aromatic N) is 1. The Morgan fingerprint density at radius 1 is 0.870 bits per heavy atom. The number of benzene rings is 2. The first-order valence-electron chi connectivity index (χ1n) is 7.15. The second-order valence-electron chi connectivity index (χ2n) is 5.11. The highest BCUT2D eigenvalue weighted by atomic mass is 35.5. The predicted octanol–water partition coefficient (Wildman–Crippen LogP) is 5.33. The Balaban J connectivity index is 2.33. The normalized spacial score (nSPS) is 13.5. The number of pyridine rings is 1. The van der Waals surface area contributed by atoms with Crippen molar-refractivity contribution in [1.29, 1.82) is 0 Å². The molecular formula is C19H15Cl2NO. The molecule has 3 aromatic rings. The van der Waals surface area contributed by atoms with Gasteiger partial charge in [0.15, 0.2) is 0 Å². The van der Waals surface area contributed by atoms with Crippen LogP contribution in [0.25, 0.3) is 0 Å². The molecule has 1 atom stereocenters. The molecule has 0 radical (unpaired) electrons. The van der Waals surface area contributed by atoms with Crippen molar-refractivity contribution < 1.29 is 4.74 Å². The second-order valence-corrected chi connectivity index (χ2v) is 5.96. The van der Waals surface area contributed by atoms with Crippen LogP contribution in [0.5, 0.6) is 0 Å². The Morgan fingerprint density at radius 2 is 1.61 bits per heavy atom. The molecule has 1 aromatic heterocycles. The third-order valence-corrected chi connectivity index (χ3v) is 4.46. The molecule has 0 saturated heterocycles. The van der Waals surface area contributed by atoms with Gasteiger partial charge in [0.1, 0.15) is 5.60 Å². The van der Waals surface area contributed by atoms with Crippen molar-refractivity contribution in [1.82, 2.24) is 4.98 Å². The summed E-state index contributed by atoms with van der Waals surface area (Å²) < 4.78 is 6.05. The summed E-state index contributed by atoms with van der Waals surface area (Å²) in [5, 5.41) is 1.30. The molecule has 0 aliphatic heterocycles. The molecule has 2 aromatic carbocycles. The Morgan fingerprint density at radius 3 is 2.22 bits per heavy atom. The zero-order valence-corrected chi connectivity index (χ0v) is 14.1. The van der Waals surface area contributed by atoms with E-state index in [1.54, 1.807) is 19.5 Å². The SMILES string of the molecule is COC(c1ccc(Cl)cc1)(c1cccnc1)c1ccccc1Cl. The van der Waals surface area contributed by atoms with Gasteiger partial charge in [0.2, 0.25) is 0 Å². The third kappa shape index (κ3) is 2.86. The molecule has 1 unspecified atom stereocenters. The third-order valence-electron chi connectivity index (χ3n) is 3.88. The summed E-state index contributed by atoms with van der Waals surface area (Å²) in [6.07, 6.45) is 3.53. The van der Waals surface area contributed by atoms with Gasteiger partial charge < -0.3 is 4.74 Å². The van der Waals surface area contributed by atoms with E-state index in [-0.39, 0.29) is 0 Å². The van der Waals surface area contributed by atoms with Crippen molar-refractivity contribution >= 4 is 23.2 Å². The van der Waals surface area contributed by atoms with Gasteiger partial charge in [-0.3, -0.25) is 4.98 Å². The molecule has 0 aliphatic carbocycles. The van der Waals surface area contributed by atoms with Crippen LogP contribution < -0.4 is 0 Å². The maximum absolute atomic E-state index is 6.49. The van der Waals surface area contributed by atoms with Gasteiger partial charge in [0.05, 0.1) is 0 Å². The quantitative estimate of drug-likeness (QED) is 0.638. The first-order chi connectivity index (χ1) is 11.2. The number of hydrogen-bond donors (Lipinski definition) is 0. The van der Waals surface area contributed by atoms with Gasteiger partial charge in [0.25, 0.3) is 0 Å². The Labute approximate surface area is 145 Å². The largest absolute Gasteiger partial charge is 0.364 e. The summed E-state index contributed by atoms with van der Waals surface area (Å²) in [7, 11) is 1.67. The van der Waals surface area contributed by atoms with Gasteiger partial charge in [-0.05, 0) is 29.8 Å². The molecule has 0 spiro atoms. The lowest BCUT2D eigenvalue weighted by atomic mass is 9.80. The Kier molecular flexibility index (Phi) is 4.67. The highest BCUT2D eigenvalue weighted by molar-refractivity contribution is 6.31. The molecule has 0 amide bonds. The highest BCUT2D eigenvalue weighted by Crippen LogP contribution is 2.42. The average molecular weight is 344 g/mol. The number of aromatic nitrogens is 1. The fraction of sp³-hybridized carbons (Fsp3) is 0.105. The van der Waals surface area contributed by atoms with Crippen molar-refractivity contribution in [3.63, 3.8) is 0 Å². The van der Waals surface area contributed by atoms with Crippen LogP contribution in [0.3, 0.4) is 0 Å². The first-order valence-corrected chi connectivity index (χ1v) is 7.91. The molecule has 0 saturated carbocycles. The molecule has 4 heteroatoms. The van der Waals surface area contributed by atoms with Crippen LogP contribution in [0.4, 0.5) is 0 Å². The molecule has 0 bridgehead atoms. The van der Waals surface area contributed by atoms with E-state index >= 15 is 0 Å². The summed E-state index contributed by atoms with van der Waals surface area (Å²) >= 11 is 12.5. The van der Waals surface area contributed by atoms with E-state index in [1.807, 2.05) is 60.7 Å². The van der Waals surface area contributed by atoms with E-state index in [2.05, 4.69) is 4.98 Å². The van der Waals surface area contributed by atoms with Gasteiger partial charge in [-0.15, -0.1) is 0 Å². The van der Waals surface area contributed by atoms with E-state index in [0.29, 0.717) is 10.0 Å². The first kappa shape index (κ1) is 16.0. The van der Waals surface area contributed by atoms with E-state index in [9.17, 15) is 0 Å². The van der Waals surface area contributed by atoms with Crippen LogP contribution in [0.15, 0.2) is 73.1 Å². The van der Waals surface area contributed by atoms with Gasteiger partial charge in [0, 0.05) is 40.7 Å². The lowest BCUT2D eigenvalue weighted by Crippen LogP contribution is -2.32. The van der Waals surface area contributed by atoms with Gasteiger partial charge in [-0.25, -0.2) is 0 Å². The number of ether oxygens (including phenoxy) is 1. The lowest BCUT2D eigenvalue weighted by molar-refractivity contribution is 0.0583. The van der Waals surface area contributed by atoms with Crippen LogP contribution in [0, 0.1) is 0 Å². The zero-order chi connectivity index (χ0) is 16.3. The maximum Gasteiger partial charge on any atom is 0.146 e. The number of rotatable bonds is 4. The van der Waals surface area contributed by atoms with Gasteiger partial charge in [-0.2, -0.15) is 0 Å². The molecule has 0 aliphatic rings. The van der Waals surface area contributed by atoms with Gasteiger partial charge in [-0.1, -0.05) is 59.6 Å².